The van der Waals surface area contributed by atoms with Gasteiger partial charge in [0.1, 0.15) is 12.3 Å². The molecule has 2 aromatic rings. The van der Waals surface area contributed by atoms with Gasteiger partial charge in [-0.3, -0.25) is 14.4 Å². The van der Waals surface area contributed by atoms with Crippen molar-refractivity contribution in [3.8, 4) is 5.75 Å². The van der Waals surface area contributed by atoms with Crippen LogP contribution in [0.5, 0.6) is 5.75 Å². The molecule has 1 amide bonds. The van der Waals surface area contributed by atoms with Crippen LogP contribution in [0.1, 0.15) is 29.8 Å². The number of isothiocyanates is 1. The Kier molecular flexibility index (Phi) is 8.87. The van der Waals surface area contributed by atoms with Gasteiger partial charge in [0.15, 0.2) is 5.78 Å². The second-order valence-corrected chi connectivity index (χ2v) is 6.52. The van der Waals surface area contributed by atoms with Crippen molar-refractivity contribution in [3.05, 3.63) is 59.7 Å². The lowest BCUT2D eigenvalue weighted by Gasteiger charge is -2.13. The number of amides is 1. The zero-order valence-corrected chi connectivity index (χ0v) is 17.5. The Balaban J connectivity index is 1.87. The highest BCUT2D eigenvalue weighted by Gasteiger charge is 2.15. The summed E-state index contributed by atoms with van der Waals surface area (Å²) in [6.45, 7) is 3.61. The second kappa shape index (κ2) is 11.6. The number of ketones is 1. The fraction of sp³-hybridized carbons (Fsp3) is 0.273. The quantitative estimate of drug-likeness (QED) is 0.271. The van der Waals surface area contributed by atoms with Crippen LogP contribution >= 0.6 is 12.2 Å². The molecular weight excluding hydrogens is 404 g/mol. The molecule has 156 valence electrons. The topological polar surface area (TPSA) is 94.1 Å². The van der Waals surface area contributed by atoms with Gasteiger partial charge in [0.05, 0.1) is 30.0 Å². The molecule has 0 aliphatic rings. The van der Waals surface area contributed by atoms with Crippen LogP contribution < -0.4 is 10.1 Å². The van der Waals surface area contributed by atoms with Crippen molar-refractivity contribution >= 4 is 40.7 Å². The third kappa shape index (κ3) is 6.92. The van der Waals surface area contributed by atoms with Gasteiger partial charge >= 0.3 is 5.97 Å². The maximum absolute atomic E-state index is 12.6. The van der Waals surface area contributed by atoms with Crippen molar-refractivity contribution in [2.75, 3.05) is 19.8 Å². The summed E-state index contributed by atoms with van der Waals surface area (Å²) in [5.74, 6) is -0.862. The number of esters is 1. The predicted molar refractivity (Wildman–Crippen MR) is 115 cm³/mol. The van der Waals surface area contributed by atoms with Crippen LogP contribution in [-0.2, 0) is 14.3 Å². The number of nitrogens with one attached hydrogen (secondary N) is 1. The first kappa shape index (κ1) is 22.9. The van der Waals surface area contributed by atoms with Crippen LogP contribution in [-0.4, -0.2) is 42.6 Å². The van der Waals surface area contributed by atoms with Crippen molar-refractivity contribution in [2.24, 2.45) is 10.9 Å². The summed E-state index contributed by atoms with van der Waals surface area (Å²) in [6.07, 6.45) is 0. The molecular formula is C22H22N2O5S. The van der Waals surface area contributed by atoms with E-state index in [9.17, 15) is 14.4 Å². The van der Waals surface area contributed by atoms with Gasteiger partial charge in [-0.1, -0.05) is 6.92 Å². The number of benzene rings is 2. The maximum atomic E-state index is 12.6. The van der Waals surface area contributed by atoms with E-state index in [4.69, 9.17) is 9.47 Å². The fourth-order valence-corrected chi connectivity index (χ4v) is 2.56. The minimum Gasteiger partial charge on any atom is -0.493 e. The minimum absolute atomic E-state index is 0.129. The molecule has 0 aliphatic carbocycles. The number of hydrogen-bond acceptors (Lipinski definition) is 7. The fourth-order valence-electron chi connectivity index (χ4n) is 2.45. The summed E-state index contributed by atoms with van der Waals surface area (Å²) >= 11 is 4.56. The molecule has 7 nitrogen and oxygen atoms in total. The second-order valence-electron chi connectivity index (χ2n) is 6.34. The summed E-state index contributed by atoms with van der Waals surface area (Å²) in [5, 5.41) is 4.78. The molecule has 1 N–H and O–H groups in total. The Morgan fingerprint density at radius 3 is 2.23 bits per heavy atom. The van der Waals surface area contributed by atoms with Crippen molar-refractivity contribution in [1.29, 1.82) is 0 Å². The van der Waals surface area contributed by atoms with E-state index in [0.717, 1.165) is 0 Å². The molecule has 1 atom stereocenters. The number of carbonyl (C=O) groups is 3. The Morgan fingerprint density at radius 1 is 1.07 bits per heavy atom. The summed E-state index contributed by atoms with van der Waals surface area (Å²) in [7, 11) is 0. The molecule has 0 saturated carbocycles. The summed E-state index contributed by atoms with van der Waals surface area (Å²) in [5.41, 5.74) is 1.67. The summed E-state index contributed by atoms with van der Waals surface area (Å²) < 4.78 is 10.4. The van der Waals surface area contributed by atoms with Gasteiger partial charge in [0, 0.05) is 11.1 Å². The Labute approximate surface area is 180 Å². The van der Waals surface area contributed by atoms with Gasteiger partial charge in [-0.25, -0.2) is 0 Å². The first-order valence-electron chi connectivity index (χ1n) is 9.33. The molecule has 0 fully saturated rings. The monoisotopic (exact) mass is 426 g/mol. The van der Waals surface area contributed by atoms with Gasteiger partial charge in [-0.2, -0.15) is 4.99 Å². The van der Waals surface area contributed by atoms with Gasteiger partial charge in [0.25, 0.3) is 0 Å². The Bertz CT molecular complexity index is 935. The van der Waals surface area contributed by atoms with E-state index >= 15 is 0 Å². The summed E-state index contributed by atoms with van der Waals surface area (Å²) in [6, 6.07) is 13.4. The molecule has 0 radical (unpaired) electrons. The van der Waals surface area contributed by atoms with Gasteiger partial charge < -0.3 is 14.8 Å². The van der Waals surface area contributed by atoms with Crippen molar-refractivity contribution in [1.82, 2.24) is 5.32 Å². The standard InChI is InChI=1S/C22H22N2O5S/c1-3-28-20(25)12-23-22(27)15(2)13-29-19-10-6-17(7-11-19)21(26)16-4-8-18(9-5-16)24-14-30/h4-11,15H,3,12-13H2,1-2H3,(H,23,27). The van der Waals surface area contributed by atoms with Gasteiger partial charge in [-0.05, 0) is 67.7 Å². The van der Waals surface area contributed by atoms with Crippen molar-refractivity contribution < 1.29 is 23.9 Å². The number of hydrogen-bond donors (Lipinski definition) is 1. The van der Waals surface area contributed by atoms with Crippen LogP contribution in [0.2, 0.25) is 0 Å². The first-order valence-corrected chi connectivity index (χ1v) is 9.74. The Morgan fingerprint density at radius 2 is 1.67 bits per heavy atom. The zero-order chi connectivity index (χ0) is 21.9. The highest BCUT2D eigenvalue weighted by molar-refractivity contribution is 7.78. The van der Waals surface area contributed by atoms with Crippen LogP contribution in [0, 0.1) is 5.92 Å². The minimum atomic E-state index is -0.486. The number of rotatable bonds is 10. The van der Waals surface area contributed by atoms with Crippen LogP contribution in [0.15, 0.2) is 53.5 Å². The largest absolute Gasteiger partial charge is 0.493 e. The number of ether oxygens (including phenoxy) is 2. The van der Waals surface area contributed by atoms with E-state index in [0.29, 0.717) is 22.6 Å². The van der Waals surface area contributed by atoms with E-state index in [-0.39, 0.29) is 31.4 Å². The smallest absolute Gasteiger partial charge is 0.325 e. The highest BCUT2D eigenvalue weighted by Crippen LogP contribution is 2.18. The highest BCUT2D eigenvalue weighted by atomic mass is 32.1. The summed E-state index contributed by atoms with van der Waals surface area (Å²) in [4.78, 5) is 39.7. The van der Waals surface area contributed by atoms with Crippen LogP contribution in [0.4, 0.5) is 5.69 Å². The molecule has 2 rings (SSSR count). The number of carbonyl (C=O) groups excluding carboxylic acids is 3. The number of nitrogens with zero attached hydrogens (tertiary/aromatic N) is 1. The van der Waals surface area contributed by atoms with E-state index < -0.39 is 11.9 Å². The lowest BCUT2D eigenvalue weighted by atomic mass is 10.0. The number of aliphatic imine (C=N–C) groups is 1. The zero-order valence-electron chi connectivity index (χ0n) is 16.7. The first-order chi connectivity index (χ1) is 14.4. The predicted octanol–water partition coefficient (Wildman–Crippen LogP) is 3.35. The molecule has 0 spiro atoms. The van der Waals surface area contributed by atoms with Crippen LogP contribution in [0.25, 0.3) is 0 Å². The van der Waals surface area contributed by atoms with E-state index in [1.807, 2.05) is 0 Å². The molecule has 0 saturated heterocycles. The third-order valence-electron chi connectivity index (χ3n) is 4.08. The molecule has 0 aliphatic heterocycles. The SMILES string of the molecule is CCOC(=O)CNC(=O)C(C)COc1ccc(C(=O)c2ccc(N=C=S)cc2)cc1. The van der Waals surface area contributed by atoms with E-state index in [1.165, 1.54) is 0 Å². The van der Waals surface area contributed by atoms with E-state index in [2.05, 4.69) is 27.7 Å². The molecule has 0 bridgehead atoms. The van der Waals surface area contributed by atoms with Gasteiger partial charge in [0.2, 0.25) is 5.91 Å². The normalized spacial score (nSPS) is 11.0. The third-order valence-corrected chi connectivity index (χ3v) is 4.17. The lowest BCUT2D eigenvalue weighted by Crippen LogP contribution is -2.36. The molecule has 0 heterocycles. The van der Waals surface area contributed by atoms with Crippen LogP contribution in [0.3, 0.4) is 0 Å². The van der Waals surface area contributed by atoms with Gasteiger partial charge in [-0.15, -0.1) is 0 Å². The molecule has 0 aromatic heterocycles. The Hall–Kier alpha value is -3.35. The van der Waals surface area contributed by atoms with Crippen molar-refractivity contribution in [3.63, 3.8) is 0 Å². The van der Waals surface area contributed by atoms with Crippen molar-refractivity contribution in [2.45, 2.75) is 13.8 Å². The lowest BCUT2D eigenvalue weighted by molar-refractivity contribution is -0.143. The maximum Gasteiger partial charge on any atom is 0.325 e. The number of thiocarbonyl (C=S) groups is 1. The molecule has 2 aromatic carbocycles. The molecule has 1 unspecified atom stereocenters. The molecule has 8 heteroatoms. The average Bonchev–Trinajstić information content (AvgIpc) is 2.76. The average molecular weight is 426 g/mol. The van der Waals surface area contributed by atoms with E-state index in [1.54, 1.807) is 62.4 Å². The molecule has 30 heavy (non-hydrogen) atoms.